The lowest BCUT2D eigenvalue weighted by Gasteiger charge is -2.29. The maximum atomic E-state index is 12.5. The van der Waals surface area contributed by atoms with Crippen LogP contribution in [0.25, 0.3) is 11.0 Å². The Balaban J connectivity index is 2.03. The average molecular weight is 316 g/mol. The van der Waals surface area contributed by atoms with E-state index in [9.17, 15) is 4.79 Å². The van der Waals surface area contributed by atoms with E-state index in [1.165, 1.54) is 0 Å². The molecule has 0 saturated carbocycles. The quantitative estimate of drug-likeness (QED) is 0.838. The zero-order valence-corrected chi connectivity index (χ0v) is 15.1. The molecule has 0 radical (unpaired) electrons. The lowest BCUT2D eigenvalue weighted by molar-refractivity contribution is -0.133. The number of hydrogen-bond donors (Lipinski definition) is 0. The van der Waals surface area contributed by atoms with E-state index in [0.717, 1.165) is 23.3 Å². The van der Waals surface area contributed by atoms with E-state index in [0.29, 0.717) is 6.54 Å². The number of likely N-dealkylation sites (N-methyl/N-ethyl adjacent to an activating group) is 2. The fraction of sp³-hybridized carbons (Fsp3) is 0.526. The number of carbonyl (C=O) groups excluding carboxylic acids is 1. The van der Waals surface area contributed by atoms with Gasteiger partial charge in [-0.15, -0.1) is 0 Å². The van der Waals surface area contributed by atoms with Crippen molar-refractivity contribution in [3.05, 3.63) is 36.1 Å². The van der Waals surface area contributed by atoms with Crippen LogP contribution in [0, 0.1) is 5.41 Å². The molecule has 0 aliphatic rings. The first kappa shape index (κ1) is 17.5. The van der Waals surface area contributed by atoms with Crippen molar-refractivity contribution in [3.63, 3.8) is 0 Å². The van der Waals surface area contributed by atoms with E-state index in [1.807, 2.05) is 51.4 Å². The number of furan rings is 1. The third kappa shape index (κ3) is 4.58. The molecular formula is C19H28N2O2. The van der Waals surface area contributed by atoms with E-state index >= 15 is 0 Å². The molecule has 1 unspecified atom stereocenters. The second kappa shape index (κ2) is 6.75. The summed E-state index contributed by atoms with van der Waals surface area (Å²) >= 11 is 0. The summed E-state index contributed by atoms with van der Waals surface area (Å²) in [7, 11) is 3.83. The van der Waals surface area contributed by atoms with Crippen molar-refractivity contribution in [2.24, 2.45) is 5.41 Å². The van der Waals surface area contributed by atoms with Gasteiger partial charge in [0.1, 0.15) is 11.3 Å². The minimum absolute atomic E-state index is 0.0852. The molecule has 23 heavy (non-hydrogen) atoms. The van der Waals surface area contributed by atoms with Gasteiger partial charge in [-0.3, -0.25) is 9.69 Å². The van der Waals surface area contributed by atoms with Crippen molar-refractivity contribution in [3.8, 4) is 0 Å². The Morgan fingerprint density at radius 1 is 1.22 bits per heavy atom. The molecule has 126 valence electrons. The van der Waals surface area contributed by atoms with Gasteiger partial charge in [0.05, 0.1) is 12.6 Å². The minimum Gasteiger partial charge on any atom is -0.459 e. The second-order valence-corrected chi connectivity index (χ2v) is 7.60. The number of rotatable bonds is 5. The molecule has 1 aromatic carbocycles. The fourth-order valence-electron chi connectivity index (χ4n) is 2.82. The van der Waals surface area contributed by atoms with Gasteiger partial charge in [0.15, 0.2) is 0 Å². The summed E-state index contributed by atoms with van der Waals surface area (Å²) in [4.78, 5) is 16.3. The van der Waals surface area contributed by atoms with E-state index in [1.54, 1.807) is 4.90 Å². The topological polar surface area (TPSA) is 36.7 Å². The SMILES string of the molecule is CC(c1cc2ccccc2o1)N(C)C(=O)CN(C)CC(C)(C)C. The van der Waals surface area contributed by atoms with Crippen LogP contribution in [0.4, 0.5) is 0 Å². The van der Waals surface area contributed by atoms with Crippen LogP contribution in [0.3, 0.4) is 0 Å². The zero-order chi connectivity index (χ0) is 17.2. The van der Waals surface area contributed by atoms with Gasteiger partial charge in [-0.1, -0.05) is 39.0 Å². The Morgan fingerprint density at radius 3 is 2.48 bits per heavy atom. The molecule has 0 fully saturated rings. The van der Waals surface area contributed by atoms with E-state index < -0.39 is 0 Å². The van der Waals surface area contributed by atoms with Crippen molar-refractivity contribution >= 4 is 16.9 Å². The fourth-order valence-corrected chi connectivity index (χ4v) is 2.82. The first-order chi connectivity index (χ1) is 10.7. The summed E-state index contributed by atoms with van der Waals surface area (Å²) < 4.78 is 5.88. The smallest absolute Gasteiger partial charge is 0.237 e. The van der Waals surface area contributed by atoms with Gasteiger partial charge in [0, 0.05) is 19.0 Å². The van der Waals surface area contributed by atoms with Gasteiger partial charge < -0.3 is 9.32 Å². The zero-order valence-electron chi connectivity index (χ0n) is 15.1. The summed E-state index contributed by atoms with van der Waals surface area (Å²) in [6.45, 7) is 9.82. The lowest BCUT2D eigenvalue weighted by atomic mass is 9.96. The van der Waals surface area contributed by atoms with Crippen LogP contribution in [-0.2, 0) is 4.79 Å². The highest BCUT2D eigenvalue weighted by atomic mass is 16.3. The second-order valence-electron chi connectivity index (χ2n) is 7.60. The molecule has 1 atom stereocenters. The number of carbonyl (C=O) groups is 1. The molecule has 1 amide bonds. The Labute approximate surface area is 139 Å². The Hall–Kier alpha value is -1.81. The predicted molar refractivity (Wildman–Crippen MR) is 94.4 cm³/mol. The molecular weight excluding hydrogens is 288 g/mol. The van der Waals surface area contributed by atoms with E-state index in [2.05, 4.69) is 25.7 Å². The van der Waals surface area contributed by atoms with Crippen LogP contribution in [-0.4, -0.2) is 42.9 Å². The monoisotopic (exact) mass is 316 g/mol. The van der Waals surface area contributed by atoms with Crippen LogP contribution in [0.1, 0.15) is 39.5 Å². The van der Waals surface area contributed by atoms with Crippen LogP contribution < -0.4 is 0 Å². The summed E-state index contributed by atoms with van der Waals surface area (Å²) in [5.74, 6) is 0.922. The minimum atomic E-state index is -0.0852. The Kier molecular flexibility index (Phi) is 5.15. The standard InChI is InChI=1S/C19H28N2O2/c1-14(17-11-15-9-7-8-10-16(15)23-17)21(6)18(22)12-20(5)13-19(2,3)4/h7-11,14H,12-13H2,1-6H3. The van der Waals surface area contributed by atoms with Crippen molar-refractivity contribution in [1.82, 2.24) is 9.80 Å². The van der Waals surface area contributed by atoms with Gasteiger partial charge in [-0.2, -0.15) is 0 Å². The predicted octanol–water partition coefficient (Wildman–Crippen LogP) is 3.93. The highest BCUT2D eigenvalue weighted by Gasteiger charge is 2.23. The van der Waals surface area contributed by atoms with Crippen molar-refractivity contribution in [2.75, 3.05) is 27.2 Å². The van der Waals surface area contributed by atoms with Crippen molar-refractivity contribution < 1.29 is 9.21 Å². The number of nitrogens with zero attached hydrogens (tertiary/aromatic N) is 2. The lowest BCUT2D eigenvalue weighted by Crippen LogP contribution is -2.40. The summed E-state index contributed by atoms with van der Waals surface area (Å²) in [5, 5.41) is 1.07. The number of hydrogen-bond acceptors (Lipinski definition) is 3. The molecule has 0 aliphatic heterocycles. The summed E-state index contributed by atoms with van der Waals surface area (Å²) in [6.07, 6.45) is 0. The molecule has 1 heterocycles. The molecule has 0 aliphatic carbocycles. The molecule has 4 nitrogen and oxygen atoms in total. The maximum absolute atomic E-state index is 12.5. The van der Waals surface area contributed by atoms with E-state index in [4.69, 9.17) is 4.42 Å². The number of benzene rings is 1. The average Bonchev–Trinajstić information content (AvgIpc) is 2.87. The van der Waals surface area contributed by atoms with Gasteiger partial charge in [-0.25, -0.2) is 0 Å². The molecule has 0 saturated heterocycles. The van der Waals surface area contributed by atoms with Crippen LogP contribution in [0.2, 0.25) is 0 Å². The van der Waals surface area contributed by atoms with Crippen molar-refractivity contribution in [2.45, 2.75) is 33.7 Å². The molecule has 0 spiro atoms. The van der Waals surface area contributed by atoms with Crippen LogP contribution in [0.5, 0.6) is 0 Å². The molecule has 2 aromatic rings. The number of para-hydroxylation sites is 1. The molecule has 4 heteroatoms. The Morgan fingerprint density at radius 2 is 1.87 bits per heavy atom. The number of amides is 1. The number of fused-ring (bicyclic) bond motifs is 1. The maximum Gasteiger partial charge on any atom is 0.237 e. The summed E-state index contributed by atoms with van der Waals surface area (Å²) in [6, 6.07) is 9.85. The van der Waals surface area contributed by atoms with Gasteiger partial charge >= 0.3 is 0 Å². The van der Waals surface area contributed by atoms with Gasteiger partial charge in [0.25, 0.3) is 0 Å². The normalized spacial score (nSPS) is 13.5. The van der Waals surface area contributed by atoms with Gasteiger partial charge in [0.2, 0.25) is 5.91 Å². The molecule has 1 aromatic heterocycles. The molecule has 0 bridgehead atoms. The first-order valence-electron chi connectivity index (χ1n) is 8.10. The van der Waals surface area contributed by atoms with Crippen LogP contribution >= 0.6 is 0 Å². The summed E-state index contributed by atoms with van der Waals surface area (Å²) in [5.41, 5.74) is 1.04. The molecule has 2 rings (SSSR count). The van der Waals surface area contributed by atoms with Crippen molar-refractivity contribution in [1.29, 1.82) is 0 Å². The highest BCUT2D eigenvalue weighted by molar-refractivity contribution is 5.80. The third-order valence-corrected chi connectivity index (χ3v) is 3.98. The highest BCUT2D eigenvalue weighted by Crippen LogP contribution is 2.26. The molecule has 0 N–H and O–H groups in total. The largest absolute Gasteiger partial charge is 0.459 e. The van der Waals surface area contributed by atoms with Crippen LogP contribution in [0.15, 0.2) is 34.7 Å². The third-order valence-electron chi connectivity index (χ3n) is 3.98. The Bertz CT molecular complexity index is 636. The van der Waals surface area contributed by atoms with E-state index in [-0.39, 0.29) is 17.4 Å². The first-order valence-corrected chi connectivity index (χ1v) is 8.10. The van der Waals surface area contributed by atoms with Gasteiger partial charge in [-0.05, 0) is 31.5 Å².